The zero-order valence-corrected chi connectivity index (χ0v) is 12.7. The first-order chi connectivity index (χ1) is 10.7. The molecule has 3 aromatic rings. The Morgan fingerprint density at radius 1 is 1.41 bits per heavy atom. The predicted molar refractivity (Wildman–Crippen MR) is 81.5 cm³/mol. The van der Waals surface area contributed by atoms with Crippen LogP contribution >= 0.6 is 11.3 Å². The lowest BCUT2D eigenvalue weighted by Crippen LogP contribution is -2.39. The molecule has 0 amide bonds. The minimum atomic E-state index is -0.217. The zero-order valence-electron chi connectivity index (χ0n) is 11.9. The molecule has 0 unspecified atom stereocenters. The van der Waals surface area contributed by atoms with Crippen LogP contribution in [0.2, 0.25) is 0 Å². The zero-order chi connectivity index (χ0) is 15.1. The number of hydrogen-bond donors (Lipinski definition) is 0. The van der Waals surface area contributed by atoms with Gasteiger partial charge in [-0.3, -0.25) is 4.79 Å². The number of thiazole rings is 1. The van der Waals surface area contributed by atoms with Gasteiger partial charge < -0.3 is 14.2 Å². The van der Waals surface area contributed by atoms with E-state index in [-0.39, 0.29) is 11.7 Å². The Labute approximate surface area is 129 Å². The second-order valence-corrected chi connectivity index (χ2v) is 6.05. The van der Waals surface area contributed by atoms with E-state index in [4.69, 9.17) is 9.26 Å². The molecule has 4 heterocycles. The molecule has 114 valence electrons. The Bertz CT molecular complexity index is 855. The summed E-state index contributed by atoms with van der Waals surface area (Å²) in [4.78, 5) is 23.0. The van der Waals surface area contributed by atoms with Gasteiger partial charge >= 0.3 is 0 Å². The second-order valence-electron chi connectivity index (χ2n) is 5.13. The molecular formula is C14H14N4O3S. The maximum absolute atomic E-state index is 12.1. The van der Waals surface area contributed by atoms with Crippen molar-refractivity contribution in [1.82, 2.24) is 14.5 Å². The number of rotatable bonds is 2. The van der Waals surface area contributed by atoms with E-state index in [0.717, 1.165) is 5.01 Å². The summed E-state index contributed by atoms with van der Waals surface area (Å²) in [5.74, 6) is 1.31. The molecule has 0 bridgehead atoms. The van der Waals surface area contributed by atoms with Gasteiger partial charge in [-0.05, 0) is 6.92 Å². The fourth-order valence-electron chi connectivity index (χ4n) is 2.57. The molecule has 4 rings (SSSR count). The van der Waals surface area contributed by atoms with Gasteiger partial charge in [-0.15, -0.1) is 15.9 Å². The lowest BCUT2D eigenvalue weighted by atomic mass is 10.3. The fraction of sp³-hybridized carbons (Fsp3) is 0.357. The summed E-state index contributed by atoms with van der Waals surface area (Å²) >= 11 is 1.57. The van der Waals surface area contributed by atoms with Gasteiger partial charge in [-0.2, -0.15) is 0 Å². The largest absolute Gasteiger partial charge is 0.375 e. The molecule has 1 saturated heterocycles. The number of aryl methyl sites for hydroxylation is 1. The van der Waals surface area contributed by atoms with Crippen molar-refractivity contribution in [2.24, 2.45) is 0 Å². The van der Waals surface area contributed by atoms with Crippen LogP contribution in [-0.2, 0) is 4.74 Å². The molecule has 0 aromatic carbocycles. The molecule has 7 nitrogen and oxygen atoms in total. The molecule has 0 aliphatic carbocycles. The number of aromatic nitrogens is 3. The van der Waals surface area contributed by atoms with Crippen molar-refractivity contribution in [2.75, 3.05) is 24.6 Å². The Morgan fingerprint density at radius 2 is 2.32 bits per heavy atom. The summed E-state index contributed by atoms with van der Waals surface area (Å²) < 4.78 is 12.3. The van der Waals surface area contributed by atoms with Crippen LogP contribution in [0.25, 0.3) is 5.65 Å². The van der Waals surface area contributed by atoms with Gasteiger partial charge in [-0.25, -0.2) is 9.97 Å². The fourth-order valence-corrected chi connectivity index (χ4v) is 3.25. The van der Waals surface area contributed by atoms with Gasteiger partial charge in [0.15, 0.2) is 5.65 Å². The summed E-state index contributed by atoms with van der Waals surface area (Å²) in [6.45, 7) is 3.70. The second kappa shape index (κ2) is 5.22. The van der Waals surface area contributed by atoms with Crippen molar-refractivity contribution < 1.29 is 9.26 Å². The highest BCUT2D eigenvalue weighted by Gasteiger charge is 2.25. The Kier molecular flexibility index (Phi) is 3.20. The van der Waals surface area contributed by atoms with Crippen LogP contribution in [0.3, 0.4) is 0 Å². The van der Waals surface area contributed by atoms with Crippen molar-refractivity contribution in [3.63, 3.8) is 0 Å². The van der Waals surface area contributed by atoms with Crippen LogP contribution in [0, 0.1) is 6.92 Å². The van der Waals surface area contributed by atoms with E-state index in [9.17, 15) is 4.79 Å². The molecule has 1 atom stereocenters. The summed E-state index contributed by atoms with van der Waals surface area (Å²) in [6.07, 6.45) is 1.69. The Balaban J connectivity index is 1.67. The van der Waals surface area contributed by atoms with E-state index < -0.39 is 0 Å². The molecule has 0 saturated carbocycles. The summed E-state index contributed by atoms with van der Waals surface area (Å²) in [7, 11) is 0. The number of nitrogens with zero attached hydrogens (tertiary/aromatic N) is 4. The van der Waals surface area contributed by atoms with Gasteiger partial charge in [-0.1, -0.05) is 0 Å². The molecule has 0 N–H and O–H groups in total. The first kappa shape index (κ1) is 13.5. The van der Waals surface area contributed by atoms with Gasteiger partial charge in [0.05, 0.1) is 13.2 Å². The van der Waals surface area contributed by atoms with E-state index in [2.05, 4.69) is 14.9 Å². The number of ether oxygens (including phenoxy) is 1. The van der Waals surface area contributed by atoms with Crippen molar-refractivity contribution in [1.29, 1.82) is 0 Å². The van der Waals surface area contributed by atoms with Gasteiger partial charge in [0.1, 0.15) is 22.7 Å². The number of anilines is 1. The van der Waals surface area contributed by atoms with Crippen LogP contribution in [-0.4, -0.2) is 34.2 Å². The highest BCUT2D eigenvalue weighted by Crippen LogP contribution is 2.26. The Morgan fingerprint density at radius 3 is 3.14 bits per heavy atom. The minimum absolute atomic E-state index is 0.0833. The standard InChI is InChI=1S/C14H14N4O3S/c1-9-6-12-16-11(7-13(19)18(12)21-9)17-3-4-20-10(8-17)14-15-2-5-22-14/h2,5-7,10H,3-4,8H2,1H3/t10-/m0/s1. The molecular weight excluding hydrogens is 304 g/mol. The van der Waals surface area contributed by atoms with E-state index in [1.807, 2.05) is 5.38 Å². The van der Waals surface area contributed by atoms with Crippen molar-refractivity contribution in [2.45, 2.75) is 13.0 Å². The summed E-state index contributed by atoms with van der Waals surface area (Å²) in [5.41, 5.74) is 0.308. The number of hydrogen-bond acceptors (Lipinski definition) is 7. The van der Waals surface area contributed by atoms with Crippen molar-refractivity contribution in [3.05, 3.63) is 44.8 Å². The maximum Gasteiger partial charge on any atom is 0.289 e. The maximum atomic E-state index is 12.1. The first-order valence-electron chi connectivity index (χ1n) is 6.97. The van der Waals surface area contributed by atoms with E-state index in [0.29, 0.717) is 36.9 Å². The lowest BCUT2D eigenvalue weighted by molar-refractivity contribution is 0.0393. The molecule has 3 aromatic heterocycles. The lowest BCUT2D eigenvalue weighted by Gasteiger charge is -2.32. The van der Waals surface area contributed by atoms with Crippen molar-refractivity contribution >= 4 is 22.8 Å². The van der Waals surface area contributed by atoms with Crippen molar-refractivity contribution in [3.8, 4) is 0 Å². The first-order valence-corrected chi connectivity index (χ1v) is 7.85. The van der Waals surface area contributed by atoms with Crippen LogP contribution in [0.4, 0.5) is 5.82 Å². The van der Waals surface area contributed by atoms with E-state index >= 15 is 0 Å². The third-order valence-corrected chi connectivity index (χ3v) is 4.44. The van der Waals surface area contributed by atoms with Crippen LogP contribution in [0.1, 0.15) is 16.9 Å². The minimum Gasteiger partial charge on any atom is -0.375 e. The van der Waals surface area contributed by atoms with Gasteiger partial charge in [0, 0.05) is 30.3 Å². The molecule has 22 heavy (non-hydrogen) atoms. The highest BCUT2D eigenvalue weighted by molar-refractivity contribution is 7.09. The quantitative estimate of drug-likeness (QED) is 0.715. The number of fused-ring (bicyclic) bond motifs is 1. The van der Waals surface area contributed by atoms with Gasteiger partial charge in [0.2, 0.25) is 0 Å². The molecule has 0 radical (unpaired) electrons. The van der Waals surface area contributed by atoms with E-state index in [1.54, 1.807) is 30.5 Å². The molecule has 8 heteroatoms. The van der Waals surface area contributed by atoms with Crippen LogP contribution in [0.15, 0.2) is 33.0 Å². The monoisotopic (exact) mass is 318 g/mol. The third-order valence-electron chi connectivity index (χ3n) is 3.57. The summed E-state index contributed by atoms with van der Waals surface area (Å²) in [6, 6.07) is 3.25. The van der Waals surface area contributed by atoms with Gasteiger partial charge in [0.25, 0.3) is 5.56 Å². The third kappa shape index (κ3) is 2.30. The molecule has 1 aliphatic rings. The summed E-state index contributed by atoms with van der Waals surface area (Å²) in [5, 5.41) is 2.88. The average Bonchev–Trinajstić information content (AvgIpc) is 3.16. The normalized spacial score (nSPS) is 19.0. The number of morpholine rings is 1. The predicted octanol–water partition coefficient (Wildman–Crippen LogP) is 1.63. The SMILES string of the molecule is Cc1cc2nc(N3CCO[C@H](c4nccs4)C3)cc(=O)n2o1. The topological polar surface area (TPSA) is 72.9 Å². The smallest absolute Gasteiger partial charge is 0.289 e. The highest BCUT2D eigenvalue weighted by atomic mass is 32.1. The molecule has 1 fully saturated rings. The van der Waals surface area contributed by atoms with E-state index in [1.165, 1.54) is 10.6 Å². The average molecular weight is 318 g/mol. The Hall–Kier alpha value is -2.19. The van der Waals surface area contributed by atoms with Crippen LogP contribution < -0.4 is 10.5 Å². The van der Waals surface area contributed by atoms with Crippen LogP contribution in [0.5, 0.6) is 0 Å². The molecule has 0 spiro atoms. The molecule has 1 aliphatic heterocycles.